The molecule has 0 aromatic heterocycles. The summed E-state index contributed by atoms with van der Waals surface area (Å²) >= 11 is 0. The molecular weight excluding hydrogens is 266 g/mol. The van der Waals surface area contributed by atoms with Gasteiger partial charge in [-0.1, -0.05) is 6.92 Å². The number of nitrogens with zero attached hydrogens (tertiary/aromatic N) is 1. The summed E-state index contributed by atoms with van der Waals surface area (Å²) < 4.78 is 0. The molecule has 0 spiro atoms. The molecular formula is C16H26N3O2+. The van der Waals surface area contributed by atoms with Crippen molar-refractivity contribution in [3.05, 3.63) is 24.3 Å². The second-order valence-corrected chi connectivity index (χ2v) is 5.81. The van der Waals surface area contributed by atoms with Crippen molar-refractivity contribution in [3.8, 4) is 5.75 Å². The van der Waals surface area contributed by atoms with E-state index in [9.17, 15) is 9.90 Å². The molecule has 5 nitrogen and oxygen atoms in total. The van der Waals surface area contributed by atoms with Gasteiger partial charge in [-0.15, -0.1) is 0 Å². The van der Waals surface area contributed by atoms with E-state index in [-0.39, 0.29) is 11.9 Å². The zero-order chi connectivity index (χ0) is 15.2. The number of nitrogens with one attached hydrogen (secondary N) is 2. The van der Waals surface area contributed by atoms with Crippen LogP contribution in [0.1, 0.15) is 20.3 Å². The average Bonchev–Trinajstić information content (AvgIpc) is 2.48. The molecule has 1 aliphatic rings. The standard InChI is InChI=1S/C16H25N3O2/c1-3-13(2)17-16(21)12-18-8-10-19(11-9-18)14-4-6-15(20)7-5-14/h4-7,13,20H,3,8-12H2,1-2H3,(H,17,21)/p+1/t13-/m1/s1. The molecule has 1 amide bonds. The molecule has 1 saturated heterocycles. The maximum absolute atomic E-state index is 11.9. The van der Waals surface area contributed by atoms with Gasteiger partial charge in [-0.3, -0.25) is 4.79 Å². The molecule has 21 heavy (non-hydrogen) atoms. The number of phenols is 1. The van der Waals surface area contributed by atoms with Crippen LogP contribution in [0, 0.1) is 0 Å². The number of amides is 1. The summed E-state index contributed by atoms with van der Waals surface area (Å²) in [6.45, 7) is 8.50. The summed E-state index contributed by atoms with van der Waals surface area (Å²) in [5, 5.41) is 12.3. The van der Waals surface area contributed by atoms with E-state index in [0.717, 1.165) is 38.3 Å². The molecule has 2 rings (SSSR count). The van der Waals surface area contributed by atoms with Crippen molar-refractivity contribution in [1.82, 2.24) is 5.32 Å². The highest BCUT2D eigenvalue weighted by molar-refractivity contribution is 5.77. The Labute approximate surface area is 126 Å². The van der Waals surface area contributed by atoms with Gasteiger partial charge in [0.2, 0.25) is 0 Å². The maximum atomic E-state index is 11.9. The number of hydrogen-bond acceptors (Lipinski definition) is 3. The number of benzene rings is 1. The minimum atomic E-state index is 0.150. The molecule has 1 atom stereocenters. The molecule has 0 bridgehead atoms. The molecule has 1 fully saturated rings. The Kier molecular flexibility index (Phi) is 5.44. The predicted molar refractivity (Wildman–Crippen MR) is 83.8 cm³/mol. The summed E-state index contributed by atoms with van der Waals surface area (Å²) in [6.07, 6.45) is 0.968. The average molecular weight is 292 g/mol. The number of aromatic hydroxyl groups is 1. The number of quaternary nitrogens is 1. The van der Waals surface area contributed by atoms with E-state index >= 15 is 0 Å². The number of phenolic OH excluding ortho intramolecular Hbond substituents is 1. The molecule has 0 radical (unpaired) electrons. The Bertz CT molecular complexity index is 453. The molecule has 1 aromatic rings. The van der Waals surface area contributed by atoms with Gasteiger partial charge in [0.05, 0.1) is 26.2 Å². The number of piperazine rings is 1. The Hall–Kier alpha value is -1.75. The van der Waals surface area contributed by atoms with Crippen LogP contribution in [0.25, 0.3) is 0 Å². The first kappa shape index (κ1) is 15.6. The van der Waals surface area contributed by atoms with Crippen LogP contribution in [0.5, 0.6) is 5.75 Å². The van der Waals surface area contributed by atoms with Gasteiger partial charge in [0.1, 0.15) is 5.75 Å². The number of rotatable bonds is 5. The molecule has 1 aromatic carbocycles. The summed E-state index contributed by atoms with van der Waals surface area (Å²) in [4.78, 5) is 15.5. The first-order chi connectivity index (χ1) is 10.1. The van der Waals surface area contributed by atoms with Gasteiger partial charge in [-0.05, 0) is 37.6 Å². The van der Waals surface area contributed by atoms with Crippen molar-refractivity contribution in [1.29, 1.82) is 0 Å². The topological polar surface area (TPSA) is 57.0 Å². The van der Waals surface area contributed by atoms with Gasteiger partial charge < -0.3 is 20.2 Å². The third-order valence-electron chi connectivity index (χ3n) is 4.12. The number of hydrogen-bond donors (Lipinski definition) is 3. The van der Waals surface area contributed by atoms with Crippen LogP contribution in [-0.2, 0) is 4.79 Å². The zero-order valence-corrected chi connectivity index (χ0v) is 12.9. The summed E-state index contributed by atoms with van der Waals surface area (Å²) in [7, 11) is 0. The van der Waals surface area contributed by atoms with E-state index in [4.69, 9.17) is 0 Å². The molecule has 5 heteroatoms. The third kappa shape index (κ3) is 4.63. The van der Waals surface area contributed by atoms with E-state index in [0.29, 0.717) is 12.3 Å². The zero-order valence-electron chi connectivity index (χ0n) is 12.9. The minimum Gasteiger partial charge on any atom is -0.508 e. The molecule has 1 aliphatic heterocycles. The predicted octanol–water partition coefficient (Wildman–Crippen LogP) is 0.0118. The summed E-state index contributed by atoms with van der Waals surface area (Å²) in [5.74, 6) is 0.446. The molecule has 3 N–H and O–H groups in total. The van der Waals surface area contributed by atoms with Crippen molar-refractivity contribution in [2.24, 2.45) is 0 Å². The number of anilines is 1. The highest BCUT2D eigenvalue weighted by Crippen LogP contribution is 2.17. The molecule has 0 unspecified atom stereocenters. The summed E-state index contributed by atoms with van der Waals surface area (Å²) in [6, 6.07) is 7.57. The monoisotopic (exact) mass is 292 g/mol. The lowest BCUT2D eigenvalue weighted by atomic mass is 10.2. The van der Waals surface area contributed by atoms with E-state index < -0.39 is 0 Å². The van der Waals surface area contributed by atoms with Crippen molar-refractivity contribution in [3.63, 3.8) is 0 Å². The molecule has 1 heterocycles. The van der Waals surface area contributed by atoms with Crippen LogP contribution in [0.2, 0.25) is 0 Å². The largest absolute Gasteiger partial charge is 0.508 e. The van der Waals surface area contributed by atoms with Crippen molar-refractivity contribution >= 4 is 11.6 Å². The van der Waals surface area contributed by atoms with Crippen LogP contribution in [0.4, 0.5) is 5.69 Å². The van der Waals surface area contributed by atoms with Gasteiger partial charge in [0.25, 0.3) is 5.91 Å². The first-order valence-corrected chi connectivity index (χ1v) is 7.75. The normalized spacial score (nSPS) is 17.5. The highest BCUT2D eigenvalue weighted by Gasteiger charge is 2.22. The second kappa shape index (κ2) is 7.31. The molecule has 116 valence electrons. The smallest absolute Gasteiger partial charge is 0.275 e. The van der Waals surface area contributed by atoms with Crippen LogP contribution in [0.3, 0.4) is 0 Å². The third-order valence-corrected chi connectivity index (χ3v) is 4.12. The Morgan fingerprint density at radius 2 is 1.95 bits per heavy atom. The van der Waals surface area contributed by atoms with E-state index in [1.807, 2.05) is 19.1 Å². The van der Waals surface area contributed by atoms with E-state index in [2.05, 4.69) is 17.1 Å². The number of carbonyl (C=O) groups is 1. The maximum Gasteiger partial charge on any atom is 0.275 e. The van der Waals surface area contributed by atoms with Crippen LogP contribution in [0.15, 0.2) is 24.3 Å². The highest BCUT2D eigenvalue weighted by atomic mass is 16.3. The van der Waals surface area contributed by atoms with Crippen molar-refractivity contribution in [2.75, 3.05) is 37.6 Å². The lowest BCUT2D eigenvalue weighted by Crippen LogP contribution is -3.16. The fourth-order valence-corrected chi connectivity index (χ4v) is 2.58. The Balaban J connectivity index is 1.78. The van der Waals surface area contributed by atoms with Crippen molar-refractivity contribution in [2.45, 2.75) is 26.3 Å². The Morgan fingerprint density at radius 1 is 1.33 bits per heavy atom. The van der Waals surface area contributed by atoms with Gasteiger partial charge in [0.15, 0.2) is 6.54 Å². The van der Waals surface area contributed by atoms with Crippen LogP contribution in [-0.4, -0.2) is 49.8 Å². The fourth-order valence-electron chi connectivity index (χ4n) is 2.58. The summed E-state index contributed by atoms with van der Waals surface area (Å²) in [5.41, 5.74) is 1.14. The van der Waals surface area contributed by atoms with Crippen LogP contribution >= 0.6 is 0 Å². The number of carbonyl (C=O) groups excluding carboxylic acids is 1. The first-order valence-electron chi connectivity index (χ1n) is 7.75. The van der Waals surface area contributed by atoms with Gasteiger partial charge >= 0.3 is 0 Å². The lowest BCUT2D eigenvalue weighted by molar-refractivity contribution is -0.892. The quantitative estimate of drug-likeness (QED) is 0.717. The SMILES string of the molecule is CC[C@@H](C)NC(=O)C[NH+]1CCN(c2ccc(O)cc2)CC1. The van der Waals surface area contributed by atoms with Gasteiger partial charge in [0, 0.05) is 11.7 Å². The van der Waals surface area contributed by atoms with Gasteiger partial charge in [-0.2, -0.15) is 0 Å². The Morgan fingerprint density at radius 3 is 2.52 bits per heavy atom. The van der Waals surface area contributed by atoms with Crippen molar-refractivity contribution < 1.29 is 14.8 Å². The van der Waals surface area contributed by atoms with Gasteiger partial charge in [-0.25, -0.2) is 0 Å². The van der Waals surface area contributed by atoms with E-state index in [1.54, 1.807) is 12.1 Å². The lowest BCUT2D eigenvalue weighted by Gasteiger charge is -2.33. The van der Waals surface area contributed by atoms with Crippen LogP contribution < -0.4 is 15.1 Å². The molecule has 0 saturated carbocycles. The minimum absolute atomic E-state index is 0.150. The fraction of sp³-hybridized carbons (Fsp3) is 0.562. The second-order valence-electron chi connectivity index (χ2n) is 5.81. The molecule has 0 aliphatic carbocycles. The van der Waals surface area contributed by atoms with E-state index in [1.165, 1.54) is 4.90 Å².